The molecule has 0 aliphatic rings. The fraction of sp³-hybridized carbons (Fsp3) is 0.167. The van der Waals surface area contributed by atoms with Gasteiger partial charge in [-0.1, -0.05) is 11.6 Å². The molecule has 1 N–H and O–H groups in total. The van der Waals surface area contributed by atoms with Gasteiger partial charge in [0.15, 0.2) is 0 Å². The Morgan fingerprint density at radius 2 is 2.10 bits per heavy atom. The second-order valence-corrected chi connectivity index (χ2v) is 4.56. The van der Waals surface area contributed by atoms with Gasteiger partial charge in [0.1, 0.15) is 11.4 Å². The lowest BCUT2D eigenvalue weighted by atomic mass is 10.2. The molecule has 0 saturated heterocycles. The van der Waals surface area contributed by atoms with Crippen molar-refractivity contribution in [1.82, 2.24) is 9.78 Å². The van der Waals surface area contributed by atoms with Gasteiger partial charge in [0.05, 0.1) is 21.2 Å². The molecule has 0 unspecified atom stereocenters. The molecule has 1 heterocycles. The Morgan fingerprint density at radius 1 is 1.45 bits per heavy atom. The number of carboxylic acids is 1. The first-order valence-corrected chi connectivity index (χ1v) is 5.94. The van der Waals surface area contributed by atoms with Crippen LogP contribution >= 0.6 is 11.6 Å². The average Bonchev–Trinajstić information content (AvgIpc) is 2.65. The molecular formula is C12H10ClN3O4. The van der Waals surface area contributed by atoms with Crippen LogP contribution in [-0.2, 0) is 0 Å². The van der Waals surface area contributed by atoms with Gasteiger partial charge in [-0.2, -0.15) is 5.10 Å². The molecule has 0 bridgehead atoms. The van der Waals surface area contributed by atoms with E-state index < -0.39 is 10.9 Å². The van der Waals surface area contributed by atoms with Crippen molar-refractivity contribution in [2.45, 2.75) is 13.8 Å². The summed E-state index contributed by atoms with van der Waals surface area (Å²) in [6.45, 7) is 3.07. The molecule has 104 valence electrons. The summed E-state index contributed by atoms with van der Waals surface area (Å²) < 4.78 is 1.33. The minimum absolute atomic E-state index is 0.0839. The van der Waals surface area contributed by atoms with Crippen LogP contribution in [0.2, 0.25) is 5.02 Å². The molecule has 0 spiro atoms. The van der Waals surface area contributed by atoms with Crippen LogP contribution in [0.3, 0.4) is 0 Å². The smallest absolute Gasteiger partial charge is 0.337 e. The largest absolute Gasteiger partial charge is 0.478 e. The summed E-state index contributed by atoms with van der Waals surface area (Å²) in [5.41, 5.74) is 0.821. The zero-order chi connectivity index (χ0) is 15.0. The first kappa shape index (κ1) is 14.0. The van der Waals surface area contributed by atoms with Crippen molar-refractivity contribution in [3.8, 4) is 5.69 Å². The predicted molar refractivity (Wildman–Crippen MR) is 71.7 cm³/mol. The summed E-state index contributed by atoms with van der Waals surface area (Å²) in [4.78, 5) is 21.5. The molecule has 8 heteroatoms. The number of carboxylic acid groups (broad SMARTS) is 1. The number of aryl methyl sites for hydroxylation is 1. The van der Waals surface area contributed by atoms with Crippen LogP contribution in [0, 0.1) is 24.0 Å². The van der Waals surface area contributed by atoms with E-state index in [-0.39, 0.29) is 22.0 Å². The van der Waals surface area contributed by atoms with E-state index in [1.54, 1.807) is 13.0 Å². The summed E-state index contributed by atoms with van der Waals surface area (Å²) in [7, 11) is 0. The summed E-state index contributed by atoms with van der Waals surface area (Å²) in [6, 6.07) is 4.30. The topological polar surface area (TPSA) is 98.3 Å². The van der Waals surface area contributed by atoms with Crippen LogP contribution in [0.25, 0.3) is 5.69 Å². The molecule has 0 aliphatic heterocycles. The molecule has 1 aromatic heterocycles. The minimum Gasteiger partial charge on any atom is -0.478 e. The van der Waals surface area contributed by atoms with Gasteiger partial charge in [-0.3, -0.25) is 10.1 Å². The summed E-state index contributed by atoms with van der Waals surface area (Å²) in [6.07, 6.45) is 0. The van der Waals surface area contributed by atoms with Crippen LogP contribution in [0.5, 0.6) is 0 Å². The Hall–Kier alpha value is -2.41. The highest BCUT2D eigenvalue weighted by Gasteiger charge is 2.23. The summed E-state index contributed by atoms with van der Waals surface area (Å²) >= 11 is 5.79. The van der Waals surface area contributed by atoms with Gasteiger partial charge in [-0.25, -0.2) is 9.48 Å². The standard InChI is InChI=1S/C12H10ClN3O4/c1-6-11(16(19)20)7(2)15(14-6)8-3-4-10(13)9(5-8)12(17)18/h3-5H,1-2H3,(H,17,18). The van der Waals surface area contributed by atoms with Gasteiger partial charge in [-0.05, 0) is 32.0 Å². The third-order valence-corrected chi connectivity index (χ3v) is 3.19. The number of halogens is 1. The van der Waals surface area contributed by atoms with Crippen molar-refractivity contribution in [3.63, 3.8) is 0 Å². The van der Waals surface area contributed by atoms with Crippen molar-refractivity contribution >= 4 is 23.3 Å². The quantitative estimate of drug-likeness (QED) is 0.693. The number of benzene rings is 1. The highest BCUT2D eigenvalue weighted by atomic mass is 35.5. The number of nitro groups is 1. The number of nitrogens with zero attached hydrogens (tertiary/aromatic N) is 3. The maximum absolute atomic E-state index is 11.0. The van der Waals surface area contributed by atoms with Crippen LogP contribution in [0.15, 0.2) is 18.2 Å². The number of rotatable bonds is 3. The molecule has 2 aromatic rings. The van der Waals surface area contributed by atoms with Crippen LogP contribution in [-0.4, -0.2) is 25.8 Å². The maximum atomic E-state index is 11.0. The Balaban J connectivity index is 2.64. The van der Waals surface area contributed by atoms with Gasteiger partial charge < -0.3 is 5.11 Å². The second-order valence-electron chi connectivity index (χ2n) is 4.16. The molecule has 2 rings (SSSR count). The number of carbonyl (C=O) groups is 1. The molecule has 7 nitrogen and oxygen atoms in total. The lowest BCUT2D eigenvalue weighted by Gasteiger charge is -2.06. The fourth-order valence-corrected chi connectivity index (χ4v) is 2.16. The van der Waals surface area contributed by atoms with E-state index in [9.17, 15) is 14.9 Å². The molecule has 0 aliphatic carbocycles. The normalized spacial score (nSPS) is 10.6. The van der Waals surface area contributed by atoms with Crippen LogP contribution in [0.4, 0.5) is 5.69 Å². The highest BCUT2D eigenvalue weighted by molar-refractivity contribution is 6.33. The molecule has 0 fully saturated rings. The second kappa shape index (κ2) is 4.93. The Bertz CT molecular complexity index is 724. The highest BCUT2D eigenvalue weighted by Crippen LogP contribution is 2.26. The number of hydrogen-bond acceptors (Lipinski definition) is 4. The van der Waals surface area contributed by atoms with Crippen LogP contribution < -0.4 is 0 Å². The van der Waals surface area contributed by atoms with Crippen molar-refractivity contribution in [1.29, 1.82) is 0 Å². The van der Waals surface area contributed by atoms with E-state index in [2.05, 4.69) is 5.10 Å². The van der Waals surface area contributed by atoms with E-state index in [1.807, 2.05) is 0 Å². The van der Waals surface area contributed by atoms with Gasteiger partial charge in [0.2, 0.25) is 0 Å². The van der Waals surface area contributed by atoms with Gasteiger partial charge in [0, 0.05) is 0 Å². The van der Waals surface area contributed by atoms with Crippen molar-refractivity contribution < 1.29 is 14.8 Å². The third-order valence-electron chi connectivity index (χ3n) is 2.86. The predicted octanol–water partition coefficient (Wildman–Crippen LogP) is 2.75. The Labute approximate surface area is 118 Å². The third kappa shape index (κ3) is 2.23. The van der Waals surface area contributed by atoms with E-state index in [0.717, 1.165) is 0 Å². The minimum atomic E-state index is -1.17. The van der Waals surface area contributed by atoms with Gasteiger partial charge in [-0.15, -0.1) is 0 Å². The summed E-state index contributed by atoms with van der Waals surface area (Å²) in [5.74, 6) is -1.17. The Kier molecular flexibility index (Phi) is 3.46. The molecular weight excluding hydrogens is 286 g/mol. The van der Waals surface area contributed by atoms with Gasteiger partial charge in [0.25, 0.3) is 0 Å². The van der Waals surface area contributed by atoms with E-state index in [4.69, 9.17) is 16.7 Å². The zero-order valence-electron chi connectivity index (χ0n) is 10.6. The maximum Gasteiger partial charge on any atom is 0.337 e. The van der Waals surface area contributed by atoms with E-state index >= 15 is 0 Å². The molecule has 1 aromatic carbocycles. The first-order valence-electron chi connectivity index (χ1n) is 5.56. The van der Waals surface area contributed by atoms with Gasteiger partial charge >= 0.3 is 11.7 Å². The molecule has 0 atom stereocenters. The summed E-state index contributed by atoms with van der Waals surface area (Å²) in [5, 5.41) is 24.2. The van der Waals surface area contributed by atoms with Crippen molar-refractivity contribution in [3.05, 3.63) is 50.3 Å². The van der Waals surface area contributed by atoms with Crippen molar-refractivity contribution in [2.75, 3.05) is 0 Å². The zero-order valence-corrected chi connectivity index (χ0v) is 11.4. The fourth-order valence-electron chi connectivity index (χ4n) is 1.96. The average molecular weight is 296 g/mol. The molecule has 20 heavy (non-hydrogen) atoms. The molecule has 0 saturated carbocycles. The SMILES string of the molecule is Cc1nn(-c2ccc(Cl)c(C(=O)O)c2)c(C)c1[N+](=O)[O-]. The van der Waals surface area contributed by atoms with Crippen molar-refractivity contribution in [2.24, 2.45) is 0 Å². The van der Waals surface area contributed by atoms with E-state index in [1.165, 1.54) is 23.7 Å². The number of aromatic nitrogens is 2. The lowest BCUT2D eigenvalue weighted by Crippen LogP contribution is -2.04. The number of aromatic carboxylic acids is 1. The van der Waals surface area contributed by atoms with E-state index in [0.29, 0.717) is 11.4 Å². The number of hydrogen-bond donors (Lipinski definition) is 1. The lowest BCUT2D eigenvalue weighted by molar-refractivity contribution is -0.386. The van der Waals surface area contributed by atoms with Crippen LogP contribution in [0.1, 0.15) is 21.7 Å². The Morgan fingerprint density at radius 3 is 2.60 bits per heavy atom. The first-order chi connectivity index (χ1) is 9.32. The molecule has 0 radical (unpaired) electrons. The molecule has 0 amide bonds. The monoisotopic (exact) mass is 295 g/mol.